The molecule has 14 rings (SSSR count). The monoisotopic (exact) mass is 2120 g/mol. The number of phosphoric ester groups is 1. The van der Waals surface area contributed by atoms with Gasteiger partial charge in [0, 0.05) is 47.1 Å². The normalized spacial score (nSPS) is 25.1. The van der Waals surface area contributed by atoms with E-state index in [2.05, 4.69) is 30.6 Å². The summed E-state index contributed by atoms with van der Waals surface area (Å²) in [5.41, 5.74) is 17.4. The Morgan fingerprint density at radius 1 is 0.466 bits per heavy atom. The Hall–Kier alpha value is -11.2. The third kappa shape index (κ3) is 25.5. The molecule has 10 aromatic rings. The standard InChI is InChI=1S/C28H36N5O8P.C27H39N4O9PS2.C26H32N5O8P.C13H14N4O4/c1-4-19(5-2)15-38-27(36)18(3)32-42(37,41-20-9-7-6-8-10-20)39-16-23-25(34)26(35)28(17-29,40-23)24-12-11-22-21(30)13-14-31-33(22)24;1-25(2,3)23(34)42-13-11-37-41(36,38-12-14-43-24(35)26(4,5)6)39-15-19-21(32)22(33)27(16-28,40-19)20-8-7-18-17(29)9-10-30-31(18)20;1-16(2)37-24(34)25(3,4)30-40(35,39-17-8-6-5-7-9-17)36-14-20-22(32)23(33)26(15-27,38-20)21-11-10-19-18(28)12-13-29-31(19)21;14-6-13(12(20)11(19)9(5-18)21-13)10-2-1-8-7(15)3-4-16-17(8)10/h6-14,18-19,23,25-26,34-35H,4-5,15-16,30H2,1-3H3,(H,32,37);7-10,19,21-22,32-33H,11-15,29H2,1-6H3;5-13,16,20,22-23,32-33H,14,28H2,1-4H3,(H,30,35);1-4,9,11-12,18-20H,5,15H2/t18-,23+,25+,26+,28-,42?;19-,21-,22-,27+;20-,22-,23-,26+,40?;9-,11-,12-,13+/m0111/s1. The minimum Gasteiger partial charge on any atom is -0.464 e. The maximum absolute atomic E-state index is 13.9. The third-order valence-electron chi connectivity index (χ3n) is 23.6. The highest BCUT2D eigenvalue weighted by Gasteiger charge is 2.62. The Labute approximate surface area is 848 Å². The van der Waals surface area contributed by atoms with Crippen LogP contribution < -0.4 is 42.2 Å². The van der Waals surface area contributed by atoms with E-state index in [9.17, 15) is 99.9 Å². The van der Waals surface area contributed by atoms with Crippen molar-refractivity contribution in [2.24, 2.45) is 16.7 Å². The van der Waals surface area contributed by atoms with Crippen molar-refractivity contribution in [2.75, 3.05) is 80.7 Å². The van der Waals surface area contributed by atoms with E-state index in [1.54, 1.807) is 171 Å². The Morgan fingerprint density at radius 3 is 1.09 bits per heavy atom. The van der Waals surface area contributed by atoms with Crippen LogP contribution >= 0.6 is 46.8 Å². The number of carbonyl (C=O) groups excluding carboxylic acids is 4. The van der Waals surface area contributed by atoms with Gasteiger partial charge in [0.25, 0.3) is 0 Å². The van der Waals surface area contributed by atoms with Crippen molar-refractivity contribution in [3.8, 4) is 35.8 Å². The van der Waals surface area contributed by atoms with Gasteiger partial charge in [0.1, 0.15) is 121 Å². The molecule has 788 valence electrons. The first kappa shape index (κ1) is 115. The van der Waals surface area contributed by atoms with E-state index in [1.807, 2.05) is 38.1 Å². The Morgan fingerprint density at radius 2 is 0.781 bits per heavy atom. The molecule has 12 heterocycles. The predicted molar refractivity (Wildman–Crippen MR) is 529 cm³/mol. The number of nitrogens with one attached hydrogen (secondary N) is 2. The fourth-order valence-corrected chi connectivity index (χ4v) is 21.7. The molecule has 0 saturated carbocycles. The summed E-state index contributed by atoms with van der Waals surface area (Å²) in [5, 5.41) is 157. The molecular formula is C94H121N18O29P3S2. The first-order valence-electron chi connectivity index (χ1n) is 46.0. The summed E-state index contributed by atoms with van der Waals surface area (Å²) in [6, 6.07) is 41.8. The Kier molecular flexibility index (Phi) is 37.8. The minimum atomic E-state index is -4.36. The van der Waals surface area contributed by atoms with E-state index in [-0.39, 0.29) is 81.7 Å². The fourth-order valence-electron chi connectivity index (χ4n) is 15.5. The largest absolute Gasteiger partial charge is 0.474 e. The molecule has 4 saturated heterocycles. The summed E-state index contributed by atoms with van der Waals surface area (Å²) in [6.07, 6.45) is -11.0. The van der Waals surface area contributed by atoms with Crippen LogP contribution in [0.2, 0.25) is 0 Å². The molecule has 0 spiro atoms. The number of nitrogen functional groups attached to an aromatic ring is 4. The number of nitriles is 4. The van der Waals surface area contributed by atoms with Crippen LogP contribution in [0.1, 0.15) is 126 Å². The zero-order chi connectivity index (χ0) is 107. The second-order valence-corrected chi connectivity index (χ2v) is 44.2. The molecule has 2 unspecified atom stereocenters. The van der Waals surface area contributed by atoms with Crippen molar-refractivity contribution in [3.05, 3.63) is 181 Å². The van der Waals surface area contributed by atoms with Crippen LogP contribution in [0.15, 0.2) is 158 Å². The van der Waals surface area contributed by atoms with Crippen LogP contribution in [0.4, 0.5) is 22.7 Å². The van der Waals surface area contributed by atoms with Crippen LogP contribution in [0.5, 0.6) is 11.5 Å². The number of esters is 2. The second-order valence-electron chi connectivity index (χ2n) is 37.1. The van der Waals surface area contributed by atoms with Gasteiger partial charge >= 0.3 is 35.3 Å². The zero-order valence-corrected chi connectivity index (χ0v) is 86.3. The number of aromatic nitrogens is 8. The molecule has 47 nitrogen and oxygen atoms in total. The molecule has 52 heteroatoms. The van der Waals surface area contributed by atoms with E-state index < -0.39 is 186 Å². The van der Waals surface area contributed by atoms with E-state index in [4.69, 9.17) is 83.0 Å². The number of phosphoric acid groups is 1. The summed E-state index contributed by atoms with van der Waals surface area (Å²) in [4.78, 5) is 49.8. The van der Waals surface area contributed by atoms with Crippen LogP contribution in [0.3, 0.4) is 0 Å². The second kappa shape index (κ2) is 48.0. The maximum Gasteiger partial charge on any atom is 0.474 e. The number of ether oxygens (including phenoxy) is 6. The van der Waals surface area contributed by atoms with Gasteiger partial charge in [-0.3, -0.25) is 41.8 Å². The molecule has 4 aliphatic rings. The van der Waals surface area contributed by atoms with Crippen molar-refractivity contribution >= 4 is 114 Å². The van der Waals surface area contributed by atoms with Gasteiger partial charge in [-0.2, -0.15) is 51.6 Å². The lowest BCUT2D eigenvalue weighted by molar-refractivity contribution is -0.153. The van der Waals surface area contributed by atoms with Gasteiger partial charge in [-0.05, 0) is 138 Å². The van der Waals surface area contributed by atoms with Gasteiger partial charge in [0.2, 0.25) is 22.4 Å². The number of thioether (sulfide) groups is 2. The average molecular weight is 2120 g/mol. The van der Waals surface area contributed by atoms with Gasteiger partial charge in [-0.15, -0.1) is 0 Å². The van der Waals surface area contributed by atoms with Crippen molar-refractivity contribution in [2.45, 2.75) is 216 Å². The number of nitrogens with two attached hydrogens (primary N) is 4. The number of aliphatic hydroxyl groups excluding tert-OH is 9. The molecule has 0 amide bonds. The number of nitrogens with zero attached hydrogens (tertiary/aromatic N) is 12. The van der Waals surface area contributed by atoms with E-state index in [0.717, 1.165) is 36.4 Å². The van der Waals surface area contributed by atoms with E-state index in [1.165, 1.54) is 81.8 Å². The Bertz CT molecular complexity index is 6530. The first-order chi connectivity index (χ1) is 68.9. The molecule has 19 N–H and O–H groups in total. The maximum atomic E-state index is 13.9. The smallest absolute Gasteiger partial charge is 0.464 e. The quantitative estimate of drug-likeness (QED) is 0.0102. The highest BCUT2D eigenvalue weighted by atomic mass is 32.2. The molecule has 146 heavy (non-hydrogen) atoms. The molecule has 4 fully saturated rings. The molecule has 4 aliphatic heterocycles. The molecule has 0 aliphatic carbocycles. The highest BCUT2D eigenvalue weighted by Crippen LogP contribution is 2.54. The summed E-state index contributed by atoms with van der Waals surface area (Å²) < 4.78 is 120. The number of rotatable bonds is 37. The Balaban J connectivity index is 0.000000190. The van der Waals surface area contributed by atoms with Crippen LogP contribution in [0, 0.1) is 62.1 Å². The first-order valence-corrected chi connectivity index (χ1v) is 52.5. The minimum absolute atomic E-state index is 0.0803. The lowest BCUT2D eigenvalue weighted by Gasteiger charge is -2.30. The average Bonchev–Trinajstić information content (AvgIpc) is 1.59. The number of fused-ring (bicyclic) bond motifs is 4. The van der Waals surface area contributed by atoms with E-state index in [0.29, 0.717) is 44.8 Å². The zero-order valence-electron chi connectivity index (χ0n) is 82.0. The van der Waals surface area contributed by atoms with Gasteiger partial charge in [-0.1, -0.05) is 128 Å². The lowest BCUT2D eigenvalue weighted by Crippen LogP contribution is -2.48. The number of benzene rings is 2. The van der Waals surface area contributed by atoms with E-state index >= 15 is 0 Å². The molecule has 0 bridgehead atoms. The van der Waals surface area contributed by atoms with Gasteiger partial charge in [0.15, 0.2) is 10.2 Å². The topological polar surface area (TPSA) is 714 Å². The summed E-state index contributed by atoms with van der Waals surface area (Å²) in [6.45, 7) is 20.0. The summed E-state index contributed by atoms with van der Waals surface area (Å²) in [5.74, 6) is -0.457. The van der Waals surface area contributed by atoms with Crippen molar-refractivity contribution in [1.82, 2.24) is 48.6 Å². The lowest BCUT2D eigenvalue weighted by atomic mass is 9.92. The number of para-hydroxylation sites is 2. The SMILES string of the molecule is CC(C)(C)C(=O)SCCOP(=O)(OCCSC(=O)C(C)(C)C)OC[C@H]1O[C@@](C#N)(c2ccc3c(N)ccnn23)[C@H](O)[C@@H]1O.CC(C)OC(=O)C(C)(C)NP(=O)(OC[C@H]1O[C@@](C#N)(c2ccc3c(N)ccnn23)[C@H](O)[C@@H]1O)Oc1ccccc1.CCC(CC)COC(=O)[C@H](C)NP(=O)(OC[C@H]1O[C@@](C#N)(c2ccc3c(N)ccnn23)[C@H](O)[C@@H]1O)Oc1ccccc1.N#C[C@@]1(c2ccc3c(N)ccnn23)O[C@H](CO)[C@@H](O)[C@H]1O. The van der Waals surface area contributed by atoms with Gasteiger partial charge in [0.05, 0.1) is 120 Å². The predicted octanol–water partition coefficient (Wildman–Crippen LogP) is 7.47. The number of carbonyl (C=O) groups is 4. The van der Waals surface area contributed by atoms with Crippen LogP contribution in [-0.4, -0.2) is 255 Å². The molecular weight excluding hydrogens is 2000 g/mol. The molecule has 2 aromatic carbocycles. The third-order valence-corrected chi connectivity index (χ3v) is 31.0. The van der Waals surface area contributed by atoms with Crippen LogP contribution in [-0.2, 0) is 106 Å². The molecule has 0 radical (unpaired) electrons. The fraction of sp³-hybridized carbons (Fsp3) is 0.489. The highest BCUT2D eigenvalue weighted by molar-refractivity contribution is 8.14. The van der Waals surface area contributed by atoms with Crippen molar-refractivity contribution < 1.29 is 139 Å². The van der Waals surface area contributed by atoms with Crippen molar-refractivity contribution in [1.29, 1.82) is 21.0 Å². The number of hydrogen-bond acceptors (Lipinski definition) is 43. The molecule has 19 atom stereocenters. The molecule has 8 aromatic heterocycles. The number of anilines is 4. The summed E-state index contributed by atoms with van der Waals surface area (Å²) in [7, 11) is -13.0. The van der Waals surface area contributed by atoms with Gasteiger partial charge in [-0.25, -0.2) is 31.8 Å². The van der Waals surface area contributed by atoms with Crippen LogP contribution in [0.25, 0.3) is 22.1 Å². The van der Waals surface area contributed by atoms with Crippen molar-refractivity contribution in [3.63, 3.8) is 0 Å². The number of hydrogen-bond donors (Lipinski definition) is 15. The number of aliphatic hydroxyl groups is 9. The summed E-state index contributed by atoms with van der Waals surface area (Å²) >= 11 is 2.02. The van der Waals surface area contributed by atoms with Gasteiger partial charge < -0.3 is 106 Å².